The van der Waals surface area contributed by atoms with Crippen molar-refractivity contribution >= 4 is 28.7 Å². The van der Waals surface area contributed by atoms with E-state index in [4.69, 9.17) is 0 Å². The van der Waals surface area contributed by atoms with Crippen molar-refractivity contribution in [1.82, 2.24) is 15.5 Å². The molecule has 278 valence electrons. The van der Waals surface area contributed by atoms with Gasteiger partial charge in [-0.25, -0.2) is 0 Å². The standard InChI is InChI=1S/C40H79N3O3S/c1-7-11-15-19-21-25-28-35(27-23-17-13-9-3)38(44)42-37(39(45)41-32-33-43(5)6)31-34-47-40(46)36(29-24-18-14-10-4)30-26-22-20-16-12-8-2/h35-37H,7-34H2,1-6H3,(H,41,45)(H,42,44). The number of hydrogen-bond acceptors (Lipinski definition) is 5. The van der Waals surface area contributed by atoms with Crippen molar-refractivity contribution in [3.63, 3.8) is 0 Å². The first-order valence-electron chi connectivity index (χ1n) is 20.2. The van der Waals surface area contributed by atoms with Crippen LogP contribution in [0.1, 0.15) is 188 Å². The molecule has 3 atom stereocenters. The summed E-state index contributed by atoms with van der Waals surface area (Å²) in [5.41, 5.74) is 0. The fourth-order valence-electron chi connectivity index (χ4n) is 6.24. The summed E-state index contributed by atoms with van der Waals surface area (Å²) < 4.78 is 0. The number of amides is 2. The van der Waals surface area contributed by atoms with Gasteiger partial charge in [0.2, 0.25) is 11.8 Å². The van der Waals surface area contributed by atoms with E-state index in [1.807, 2.05) is 19.0 Å². The molecular weight excluding hydrogens is 603 g/mol. The van der Waals surface area contributed by atoms with Crippen LogP contribution in [-0.4, -0.2) is 60.8 Å². The molecule has 0 spiro atoms. The third-order valence-corrected chi connectivity index (χ3v) is 10.5. The molecule has 0 heterocycles. The van der Waals surface area contributed by atoms with Crippen molar-refractivity contribution in [3.8, 4) is 0 Å². The molecule has 0 radical (unpaired) electrons. The van der Waals surface area contributed by atoms with Gasteiger partial charge in [-0.1, -0.05) is 168 Å². The molecule has 0 aliphatic rings. The summed E-state index contributed by atoms with van der Waals surface area (Å²) in [6.45, 7) is 10.2. The van der Waals surface area contributed by atoms with Gasteiger partial charge >= 0.3 is 0 Å². The van der Waals surface area contributed by atoms with E-state index in [1.165, 1.54) is 108 Å². The van der Waals surface area contributed by atoms with E-state index in [0.29, 0.717) is 18.7 Å². The molecule has 47 heavy (non-hydrogen) atoms. The normalized spacial score (nSPS) is 13.4. The highest BCUT2D eigenvalue weighted by Crippen LogP contribution is 2.25. The Bertz CT molecular complexity index is 748. The van der Waals surface area contributed by atoms with Crippen molar-refractivity contribution in [2.24, 2.45) is 11.8 Å². The van der Waals surface area contributed by atoms with E-state index in [0.717, 1.165) is 64.3 Å². The molecular formula is C40H79N3O3S. The summed E-state index contributed by atoms with van der Waals surface area (Å²) in [4.78, 5) is 42.5. The van der Waals surface area contributed by atoms with Crippen molar-refractivity contribution in [2.75, 3.05) is 32.9 Å². The number of likely N-dealkylation sites (N-methyl/N-ethyl adjacent to an activating group) is 1. The average molecular weight is 682 g/mol. The highest BCUT2D eigenvalue weighted by Gasteiger charge is 2.26. The minimum atomic E-state index is -0.603. The molecule has 0 saturated carbocycles. The molecule has 2 amide bonds. The van der Waals surface area contributed by atoms with E-state index >= 15 is 0 Å². The summed E-state index contributed by atoms with van der Waals surface area (Å²) in [6.07, 6.45) is 28.3. The van der Waals surface area contributed by atoms with E-state index in [-0.39, 0.29) is 28.8 Å². The summed E-state index contributed by atoms with van der Waals surface area (Å²) in [7, 11) is 3.98. The summed E-state index contributed by atoms with van der Waals surface area (Å²) >= 11 is 1.39. The van der Waals surface area contributed by atoms with Crippen molar-refractivity contribution in [3.05, 3.63) is 0 Å². The molecule has 0 saturated heterocycles. The third kappa shape index (κ3) is 27.4. The molecule has 0 rings (SSSR count). The Hall–Kier alpha value is -1.08. The molecule has 0 fully saturated rings. The zero-order valence-corrected chi connectivity index (χ0v) is 32.9. The lowest BCUT2D eigenvalue weighted by molar-refractivity contribution is -0.131. The number of rotatable bonds is 34. The largest absolute Gasteiger partial charge is 0.353 e. The Morgan fingerprint density at radius 2 is 0.936 bits per heavy atom. The van der Waals surface area contributed by atoms with Crippen molar-refractivity contribution in [2.45, 2.75) is 194 Å². The van der Waals surface area contributed by atoms with Crippen molar-refractivity contribution in [1.29, 1.82) is 0 Å². The Labute approximate surface area is 296 Å². The molecule has 7 heteroatoms. The topological polar surface area (TPSA) is 78.5 Å². The molecule has 2 N–H and O–H groups in total. The van der Waals surface area contributed by atoms with Gasteiger partial charge in [0.1, 0.15) is 6.04 Å². The smallest absolute Gasteiger partial charge is 0.242 e. The van der Waals surface area contributed by atoms with Gasteiger partial charge in [0.05, 0.1) is 0 Å². The molecule has 0 aromatic carbocycles. The molecule has 0 aliphatic heterocycles. The zero-order chi connectivity index (χ0) is 35.0. The Balaban J connectivity index is 5.35. The number of thioether (sulfide) groups is 1. The second-order valence-electron chi connectivity index (χ2n) is 14.3. The molecule has 0 bridgehead atoms. The molecule has 0 aromatic heterocycles. The fraction of sp³-hybridized carbons (Fsp3) is 0.925. The number of nitrogens with one attached hydrogen (secondary N) is 2. The van der Waals surface area contributed by atoms with Crippen LogP contribution < -0.4 is 10.6 Å². The molecule has 0 aliphatic carbocycles. The zero-order valence-electron chi connectivity index (χ0n) is 32.1. The van der Waals surface area contributed by atoms with Gasteiger partial charge < -0.3 is 15.5 Å². The summed E-state index contributed by atoms with van der Waals surface area (Å²) in [6, 6.07) is -0.603. The number of carbonyl (C=O) groups is 3. The first-order chi connectivity index (χ1) is 22.8. The molecule has 3 unspecified atom stereocenters. The fourth-order valence-corrected chi connectivity index (χ4v) is 7.27. The highest BCUT2D eigenvalue weighted by atomic mass is 32.2. The van der Waals surface area contributed by atoms with Crippen LogP contribution in [-0.2, 0) is 14.4 Å². The lowest BCUT2D eigenvalue weighted by atomic mass is 9.93. The number of carbonyl (C=O) groups excluding carboxylic acids is 3. The number of unbranched alkanes of at least 4 members (excludes halogenated alkanes) is 16. The minimum Gasteiger partial charge on any atom is -0.353 e. The predicted octanol–water partition coefficient (Wildman–Crippen LogP) is 10.5. The molecule has 0 aromatic rings. The quantitative estimate of drug-likeness (QED) is 0.0661. The maximum absolute atomic E-state index is 13.7. The van der Waals surface area contributed by atoms with Gasteiger partial charge in [0.25, 0.3) is 0 Å². The minimum absolute atomic E-state index is 0.0241. The summed E-state index contributed by atoms with van der Waals surface area (Å²) in [5.74, 6) is 0.520. The first-order valence-corrected chi connectivity index (χ1v) is 21.2. The van der Waals surface area contributed by atoms with E-state index in [2.05, 4.69) is 38.3 Å². The average Bonchev–Trinajstić information content (AvgIpc) is 3.05. The SMILES string of the molecule is CCCCCCCCC(CCCCCC)C(=O)NC(CCSC(=O)C(CCCCCC)CCCCCCCC)C(=O)NCCN(C)C. The number of hydrogen-bond donors (Lipinski definition) is 2. The second kappa shape index (κ2) is 33.4. The van der Waals surface area contributed by atoms with Crippen LogP contribution in [0.5, 0.6) is 0 Å². The van der Waals surface area contributed by atoms with Crippen LogP contribution in [0.15, 0.2) is 0 Å². The predicted molar refractivity (Wildman–Crippen MR) is 206 cm³/mol. The van der Waals surface area contributed by atoms with Gasteiger partial charge in [-0.2, -0.15) is 0 Å². The lowest BCUT2D eigenvalue weighted by Crippen LogP contribution is -2.49. The van der Waals surface area contributed by atoms with Gasteiger partial charge in [0.15, 0.2) is 5.12 Å². The van der Waals surface area contributed by atoms with Crippen molar-refractivity contribution < 1.29 is 14.4 Å². The van der Waals surface area contributed by atoms with Gasteiger partial charge in [-0.15, -0.1) is 0 Å². The van der Waals surface area contributed by atoms with Crippen LogP contribution in [0.3, 0.4) is 0 Å². The van der Waals surface area contributed by atoms with Gasteiger partial charge in [0, 0.05) is 30.7 Å². The van der Waals surface area contributed by atoms with Crippen LogP contribution in [0, 0.1) is 11.8 Å². The van der Waals surface area contributed by atoms with Crippen LogP contribution >= 0.6 is 11.8 Å². The van der Waals surface area contributed by atoms with Crippen LogP contribution in [0.2, 0.25) is 0 Å². The van der Waals surface area contributed by atoms with E-state index < -0.39 is 6.04 Å². The highest BCUT2D eigenvalue weighted by molar-refractivity contribution is 8.13. The Morgan fingerprint density at radius 1 is 0.532 bits per heavy atom. The van der Waals surface area contributed by atoms with Gasteiger partial charge in [-0.3, -0.25) is 14.4 Å². The monoisotopic (exact) mass is 682 g/mol. The van der Waals surface area contributed by atoms with E-state index in [1.54, 1.807) is 0 Å². The maximum Gasteiger partial charge on any atom is 0.242 e. The summed E-state index contributed by atoms with van der Waals surface area (Å²) in [5, 5.41) is 6.51. The lowest BCUT2D eigenvalue weighted by Gasteiger charge is -2.23. The van der Waals surface area contributed by atoms with E-state index in [9.17, 15) is 14.4 Å². The first kappa shape index (κ1) is 45.9. The third-order valence-electron chi connectivity index (χ3n) is 9.47. The van der Waals surface area contributed by atoms with Gasteiger partial charge in [-0.05, 0) is 46.2 Å². The second-order valence-corrected chi connectivity index (χ2v) is 15.4. The van der Waals surface area contributed by atoms with Crippen LogP contribution in [0.25, 0.3) is 0 Å². The number of nitrogens with zero attached hydrogens (tertiary/aromatic N) is 1. The Kier molecular flexibility index (Phi) is 32.7. The van der Waals surface area contributed by atoms with Crippen LogP contribution in [0.4, 0.5) is 0 Å². The molecule has 6 nitrogen and oxygen atoms in total. The Morgan fingerprint density at radius 3 is 1.38 bits per heavy atom. The maximum atomic E-state index is 13.7.